The van der Waals surface area contributed by atoms with E-state index in [1.54, 1.807) is 0 Å². The Balaban J connectivity index is 1.12. The van der Waals surface area contributed by atoms with Gasteiger partial charge in [-0.05, 0) is 45.0 Å². The normalized spacial score (nSPS) is 16.9. The average molecular weight is 607 g/mol. The van der Waals surface area contributed by atoms with E-state index in [1.165, 1.54) is 11.1 Å². The third-order valence-corrected chi connectivity index (χ3v) is 8.96. The van der Waals surface area contributed by atoms with Crippen LogP contribution in [-0.4, -0.2) is 11.7 Å². The Morgan fingerprint density at radius 1 is 0.489 bits per heavy atom. The number of ether oxygens (including phenoxy) is 1. The molecule has 0 aromatic heterocycles. The molecule has 2 heterocycles. The van der Waals surface area contributed by atoms with Crippen molar-refractivity contribution in [1.29, 1.82) is 0 Å². The lowest BCUT2D eigenvalue weighted by molar-refractivity contribution is 0.263. The standard InChI is InChI=1S/C42H30N4O/c1-4-10-27(11-5-1)28-16-21-32(22-17-28)40-44-39(31-12-6-2-7-13-31)45-41(46-40)34-23-19-29-18-20-30-24-25-36-38(37(30)35(29)26-34)47-42(43-36)33-14-8-3-9-15-33/h1-26,39,42-43H,(H,44,45,46). The van der Waals surface area contributed by atoms with Gasteiger partial charge in [-0.25, -0.2) is 9.98 Å². The van der Waals surface area contributed by atoms with Crippen LogP contribution in [0.3, 0.4) is 0 Å². The van der Waals surface area contributed by atoms with Gasteiger partial charge in [0.2, 0.25) is 0 Å². The predicted octanol–water partition coefficient (Wildman–Crippen LogP) is 9.66. The predicted molar refractivity (Wildman–Crippen MR) is 192 cm³/mol. The molecule has 5 nitrogen and oxygen atoms in total. The Hall–Kier alpha value is -6.20. The first-order valence-corrected chi connectivity index (χ1v) is 15.9. The van der Waals surface area contributed by atoms with Gasteiger partial charge in [0.1, 0.15) is 11.7 Å². The molecule has 2 aliphatic heterocycles. The van der Waals surface area contributed by atoms with Gasteiger partial charge in [0.15, 0.2) is 18.1 Å². The monoisotopic (exact) mass is 606 g/mol. The molecule has 5 heteroatoms. The zero-order valence-corrected chi connectivity index (χ0v) is 25.5. The van der Waals surface area contributed by atoms with Crippen molar-refractivity contribution in [2.45, 2.75) is 12.4 Å². The van der Waals surface area contributed by atoms with Gasteiger partial charge in [-0.3, -0.25) is 0 Å². The maximum Gasteiger partial charge on any atom is 0.196 e. The van der Waals surface area contributed by atoms with E-state index in [9.17, 15) is 0 Å². The second-order valence-corrected chi connectivity index (χ2v) is 11.9. The molecule has 2 aliphatic rings. The lowest BCUT2D eigenvalue weighted by Crippen LogP contribution is -2.36. The minimum atomic E-state index is -0.372. The summed E-state index contributed by atoms with van der Waals surface area (Å²) in [6, 6.07) is 54.7. The van der Waals surface area contributed by atoms with Crippen LogP contribution in [0, 0.1) is 0 Å². The van der Waals surface area contributed by atoms with Crippen LogP contribution in [0.2, 0.25) is 0 Å². The molecule has 0 saturated heterocycles. The lowest BCUT2D eigenvalue weighted by Gasteiger charge is -2.23. The molecule has 2 unspecified atom stereocenters. The summed E-state index contributed by atoms with van der Waals surface area (Å²) in [7, 11) is 0. The van der Waals surface area contributed by atoms with E-state index in [4.69, 9.17) is 14.7 Å². The molecule has 2 atom stereocenters. The van der Waals surface area contributed by atoms with E-state index in [2.05, 4.69) is 126 Å². The molecular weight excluding hydrogens is 576 g/mol. The van der Waals surface area contributed by atoms with E-state index in [0.29, 0.717) is 0 Å². The molecule has 0 aliphatic carbocycles. The highest BCUT2D eigenvalue weighted by atomic mass is 16.5. The minimum absolute atomic E-state index is 0.238. The second-order valence-electron chi connectivity index (χ2n) is 11.9. The summed E-state index contributed by atoms with van der Waals surface area (Å²) in [4.78, 5) is 10.2. The van der Waals surface area contributed by atoms with Crippen molar-refractivity contribution in [3.05, 3.63) is 180 Å². The fraction of sp³-hybridized carbons (Fsp3) is 0.0476. The molecule has 7 aromatic rings. The summed E-state index contributed by atoms with van der Waals surface area (Å²) in [5.41, 5.74) is 7.48. The molecule has 0 spiro atoms. The van der Waals surface area contributed by atoms with Gasteiger partial charge in [0.25, 0.3) is 0 Å². The number of rotatable bonds is 5. The zero-order chi connectivity index (χ0) is 31.2. The molecule has 47 heavy (non-hydrogen) atoms. The van der Waals surface area contributed by atoms with E-state index < -0.39 is 0 Å². The third kappa shape index (κ3) is 4.99. The molecule has 0 saturated carbocycles. The van der Waals surface area contributed by atoms with Crippen LogP contribution in [0.15, 0.2) is 168 Å². The number of benzene rings is 7. The van der Waals surface area contributed by atoms with Gasteiger partial charge in [-0.15, -0.1) is 0 Å². The molecule has 7 aromatic carbocycles. The summed E-state index contributed by atoms with van der Waals surface area (Å²) >= 11 is 0. The Bertz CT molecular complexity index is 2320. The van der Waals surface area contributed by atoms with Crippen LogP contribution in [0.5, 0.6) is 5.75 Å². The van der Waals surface area contributed by atoms with Crippen LogP contribution >= 0.6 is 0 Å². The first-order valence-electron chi connectivity index (χ1n) is 15.9. The fourth-order valence-electron chi connectivity index (χ4n) is 6.53. The van der Waals surface area contributed by atoms with Crippen LogP contribution in [0.4, 0.5) is 5.69 Å². The quantitative estimate of drug-likeness (QED) is 0.192. The second kappa shape index (κ2) is 11.3. The van der Waals surface area contributed by atoms with Gasteiger partial charge in [-0.2, -0.15) is 0 Å². The van der Waals surface area contributed by atoms with Crippen LogP contribution in [-0.2, 0) is 0 Å². The molecule has 0 amide bonds. The van der Waals surface area contributed by atoms with Gasteiger partial charge in [-0.1, -0.05) is 146 Å². The number of amidine groups is 2. The number of nitrogens with zero attached hydrogens (tertiary/aromatic N) is 2. The van der Waals surface area contributed by atoms with Crippen LogP contribution in [0.1, 0.15) is 34.6 Å². The highest BCUT2D eigenvalue weighted by molar-refractivity contribution is 6.19. The van der Waals surface area contributed by atoms with Crippen LogP contribution in [0.25, 0.3) is 32.7 Å². The first kappa shape index (κ1) is 27.1. The molecular formula is C42H30N4O. The Morgan fingerprint density at radius 2 is 1.04 bits per heavy atom. The van der Waals surface area contributed by atoms with Crippen LogP contribution < -0.4 is 15.4 Å². The van der Waals surface area contributed by atoms with Gasteiger partial charge in [0, 0.05) is 22.1 Å². The number of aliphatic imine (C=N–C) groups is 2. The van der Waals surface area contributed by atoms with Crippen molar-refractivity contribution < 1.29 is 4.74 Å². The Kier molecular flexibility index (Phi) is 6.53. The minimum Gasteiger partial charge on any atom is -0.464 e. The lowest BCUT2D eigenvalue weighted by atomic mass is 9.98. The summed E-state index contributed by atoms with van der Waals surface area (Å²) in [5, 5.41) is 11.6. The summed E-state index contributed by atoms with van der Waals surface area (Å²) in [5.74, 6) is 2.45. The van der Waals surface area contributed by atoms with Crippen molar-refractivity contribution in [1.82, 2.24) is 5.32 Å². The van der Waals surface area contributed by atoms with E-state index in [-0.39, 0.29) is 12.4 Å². The van der Waals surface area contributed by atoms with Gasteiger partial charge >= 0.3 is 0 Å². The Morgan fingerprint density at radius 3 is 1.79 bits per heavy atom. The molecule has 224 valence electrons. The van der Waals surface area contributed by atoms with Crippen molar-refractivity contribution in [2.75, 3.05) is 5.32 Å². The number of hydrogen-bond acceptors (Lipinski definition) is 5. The number of fused-ring (bicyclic) bond motifs is 5. The largest absolute Gasteiger partial charge is 0.464 e. The highest BCUT2D eigenvalue weighted by Gasteiger charge is 2.27. The molecule has 0 radical (unpaired) electrons. The van der Waals surface area contributed by atoms with Crippen molar-refractivity contribution in [3.8, 4) is 16.9 Å². The average Bonchev–Trinajstić information content (AvgIpc) is 3.60. The highest BCUT2D eigenvalue weighted by Crippen LogP contribution is 2.45. The van der Waals surface area contributed by atoms with Crippen molar-refractivity contribution in [2.24, 2.45) is 9.98 Å². The fourth-order valence-corrected chi connectivity index (χ4v) is 6.53. The molecule has 2 N–H and O–H groups in total. The first-order chi connectivity index (χ1) is 23.3. The smallest absolute Gasteiger partial charge is 0.196 e. The molecule has 0 bridgehead atoms. The molecule has 0 fully saturated rings. The number of anilines is 1. The third-order valence-electron chi connectivity index (χ3n) is 8.96. The number of nitrogens with one attached hydrogen (secondary N) is 2. The maximum absolute atomic E-state index is 6.61. The molecule has 9 rings (SSSR count). The summed E-state index contributed by atoms with van der Waals surface area (Å²) < 4.78 is 6.61. The maximum atomic E-state index is 6.61. The van der Waals surface area contributed by atoms with Gasteiger partial charge < -0.3 is 15.4 Å². The van der Waals surface area contributed by atoms with E-state index in [1.807, 2.05) is 42.5 Å². The van der Waals surface area contributed by atoms with E-state index >= 15 is 0 Å². The topological polar surface area (TPSA) is 58.0 Å². The van der Waals surface area contributed by atoms with Gasteiger partial charge in [0.05, 0.1) is 5.69 Å². The number of hydrogen-bond donors (Lipinski definition) is 2. The summed E-state index contributed by atoms with van der Waals surface area (Å²) in [6.45, 7) is 0. The van der Waals surface area contributed by atoms with E-state index in [0.717, 1.165) is 66.9 Å². The SMILES string of the molecule is c1ccc(-c2ccc(C3=NC(c4ccccc4)N=C(c4ccc5ccc6ccc7c(c6c5c4)OC(c4ccccc4)N7)N3)cc2)cc1. The van der Waals surface area contributed by atoms with Crippen molar-refractivity contribution in [3.63, 3.8) is 0 Å². The zero-order valence-electron chi connectivity index (χ0n) is 25.5. The Labute approximate surface area is 272 Å². The summed E-state index contributed by atoms with van der Waals surface area (Å²) in [6.07, 6.45) is -0.610. The van der Waals surface area contributed by atoms with Crippen molar-refractivity contribution >= 4 is 38.9 Å².